The van der Waals surface area contributed by atoms with E-state index in [-0.39, 0.29) is 11.6 Å². The van der Waals surface area contributed by atoms with Gasteiger partial charge in [0.25, 0.3) is 0 Å². The lowest BCUT2D eigenvalue weighted by Gasteiger charge is -2.10. The van der Waals surface area contributed by atoms with Crippen molar-refractivity contribution in [2.75, 3.05) is 12.4 Å². The van der Waals surface area contributed by atoms with Gasteiger partial charge in [-0.15, -0.1) is 10.2 Å². The summed E-state index contributed by atoms with van der Waals surface area (Å²) in [6.45, 7) is 4.37. The Balaban J connectivity index is 1.65. The van der Waals surface area contributed by atoms with Crippen LogP contribution in [0.2, 0.25) is 0 Å². The highest BCUT2D eigenvalue weighted by atomic mass is 32.2. The number of hydrogen-bond donors (Lipinski definition) is 0. The molecular formula is C18H18FN3OS. The Morgan fingerprint density at radius 3 is 2.71 bits per heavy atom. The van der Waals surface area contributed by atoms with Gasteiger partial charge in [0.1, 0.15) is 5.82 Å². The van der Waals surface area contributed by atoms with Crippen molar-refractivity contribution in [2.24, 2.45) is 0 Å². The van der Waals surface area contributed by atoms with Gasteiger partial charge in [0.15, 0.2) is 16.7 Å². The van der Waals surface area contributed by atoms with E-state index >= 15 is 0 Å². The molecule has 24 heavy (non-hydrogen) atoms. The number of aromatic nitrogens is 3. The Morgan fingerprint density at radius 2 is 1.92 bits per heavy atom. The van der Waals surface area contributed by atoms with Crippen LogP contribution < -0.4 is 4.74 Å². The molecule has 124 valence electrons. The fourth-order valence-corrected chi connectivity index (χ4v) is 3.16. The fraction of sp³-hybridized carbons (Fsp3) is 0.222. The Hall–Kier alpha value is -2.34. The largest absolute Gasteiger partial charge is 0.490 e. The molecule has 0 amide bonds. The van der Waals surface area contributed by atoms with Crippen LogP contribution in [-0.4, -0.2) is 27.1 Å². The van der Waals surface area contributed by atoms with Crippen molar-refractivity contribution in [3.63, 3.8) is 0 Å². The molecule has 3 aromatic rings. The molecule has 0 N–H and O–H groups in total. The van der Waals surface area contributed by atoms with E-state index in [1.54, 1.807) is 18.2 Å². The topological polar surface area (TPSA) is 39.9 Å². The number of para-hydroxylation sites is 1. The second-order valence-electron chi connectivity index (χ2n) is 5.33. The SMILES string of the molecule is Cc1cccc(-n2c(C)nnc2SCCOc2ccccc2F)c1. The van der Waals surface area contributed by atoms with E-state index in [4.69, 9.17) is 4.74 Å². The van der Waals surface area contributed by atoms with Crippen molar-refractivity contribution in [1.82, 2.24) is 14.8 Å². The maximum atomic E-state index is 13.5. The van der Waals surface area contributed by atoms with Gasteiger partial charge in [0, 0.05) is 11.4 Å². The summed E-state index contributed by atoms with van der Waals surface area (Å²) in [5.74, 6) is 1.41. The maximum Gasteiger partial charge on any atom is 0.195 e. The van der Waals surface area contributed by atoms with Gasteiger partial charge in [0.2, 0.25) is 0 Å². The Bertz CT molecular complexity index is 835. The quantitative estimate of drug-likeness (QED) is 0.497. The van der Waals surface area contributed by atoms with Crippen LogP contribution >= 0.6 is 11.8 Å². The first-order chi connectivity index (χ1) is 11.6. The van der Waals surface area contributed by atoms with Crippen molar-refractivity contribution in [3.8, 4) is 11.4 Å². The lowest BCUT2D eigenvalue weighted by atomic mass is 10.2. The van der Waals surface area contributed by atoms with Crippen LogP contribution in [0.15, 0.2) is 53.7 Å². The molecule has 0 aliphatic carbocycles. The van der Waals surface area contributed by atoms with Gasteiger partial charge >= 0.3 is 0 Å². The third-order valence-electron chi connectivity index (χ3n) is 3.46. The summed E-state index contributed by atoms with van der Waals surface area (Å²) < 4.78 is 21.0. The lowest BCUT2D eigenvalue weighted by molar-refractivity contribution is 0.325. The fourth-order valence-electron chi connectivity index (χ4n) is 2.35. The minimum absolute atomic E-state index is 0.273. The molecule has 0 spiro atoms. The van der Waals surface area contributed by atoms with Crippen molar-refractivity contribution in [2.45, 2.75) is 19.0 Å². The standard InChI is InChI=1S/C18H18FN3OS/c1-13-6-5-7-15(12-13)22-14(2)20-21-18(22)24-11-10-23-17-9-4-3-8-16(17)19/h3-9,12H,10-11H2,1-2H3. The van der Waals surface area contributed by atoms with Crippen LogP contribution in [0.5, 0.6) is 5.75 Å². The van der Waals surface area contributed by atoms with Crippen LogP contribution in [0.25, 0.3) is 5.69 Å². The summed E-state index contributed by atoms with van der Waals surface area (Å²) in [6.07, 6.45) is 0. The van der Waals surface area contributed by atoms with Crippen LogP contribution in [-0.2, 0) is 0 Å². The van der Waals surface area contributed by atoms with E-state index in [0.717, 1.165) is 16.7 Å². The summed E-state index contributed by atoms with van der Waals surface area (Å²) in [5.41, 5.74) is 2.22. The zero-order valence-corrected chi connectivity index (χ0v) is 14.4. The molecule has 0 fully saturated rings. The molecular weight excluding hydrogens is 325 g/mol. The summed E-state index contributed by atoms with van der Waals surface area (Å²) in [5, 5.41) is 9.20. The highest BCUT2D eigenvalue weighted by Crippen LogP contribution is 2.23. The van der Waals surface area contributed by atoms with Gasteiger partial charge < -0.3 is 4.74 Å². The molecule has 2 aromatic carbocycles. The molecule has 3 rings (SSSR count). The number of benzene rings is 2. The Morgan fingerprint density at radius 1 is 1.08 bits per heavy atom. The van der Waals surface area contributed by atoms with Crippen molar-refractivity contribution < 1.29 is 9.13 Å². The van der Waals surface area contributed by atoms with Crippen molar-refractivity contribution in [3.05, 3.63) is 65.7 Å². The average Bonchev–Trinajstić information content (AvgIpc) is 2.94. The summed E-state index contributed by atoms with van der Waals surface area (Å²) in [4.78, 5) is 0. The van der Waals surface area contributed by atoms with Crippen LogP contribution in [0.1, 0.15) is 11.4 Å². The molecule has 1 aromatic heterocycles. The number of halogens is 1. The highest BCUT2D eigenvalue weighted by molar-refractivity contribution is 7.99. The number of rotatable bonds is 6. The monoisotopic (exact) mass is 343 g/mol. The van der Waals surface area contributed by atoms with E-state index in [2.05, 4.69) is 29.3 Å². The van der Waals surface area contributed by atoms with Gasteiger partial charge in [-0.25, -0.2) is 4.39 Å². The van der Waals surface area contributed by atoms with Crippen LogP contribution in [0.4, 0.5) is 4.39 Å². The average molecular weight is 343 g/mol. The van der Waals surface area contributed by atoms with Crippen molar-refractivity contribution in [1.29, 1.82) is 0 Å². The third-order valence-corrected chi connectivity index (χ3v) is 4.36. The molecule has 0 saturated carbocycles. The van der Waals surface area contributed by atoms with Gasteiger partial charge in [-0.1, -0.05) is 36.0 Å². The van der Waals surface area contributed by atoms with Gasteiger partial charge in [-0.2, -0.15) is 0 Å². The van der Waals surface area contributed by atoms with E-state index in [9.17, 15) is 4.39 Å². The van der Waals surface area contributed by atoms with Gasteiger partial charge in [-0.05, 0) is 43.7 Å². The molecule has 0 radical (unpaired) electrons. The predicted molar refractivity (Wildman–Crippen MR) is 93.5 cm³/mol. The van der Waals surface area contributed by atoms with Crippen LogP contribution in [0.3, 0.4) is 0 Å². The molecule has 0 unspecified atom stereocenters. The normalized spacial score (nSPS) is 10.8. The van der Waals surface area contributed by atoms with E-state index in [1.807, 2.05) is 23.6 Å². The molecule has 1 heterocycles. The first kappa shape index (κ1) is 16.5. The first-order valence-corrected chi connectivity index (χ1v) is 8.63. The first-order valence-electron chi connectivity index (χ1n) is 7.64. The molecule has 0 aliphatic rings. The number of ether oxygens (including phenoxy) is 1. The van der Waals surface area contributed by atoms with E-state index in [0.29, 0.717) is 12.4 Å². The molecule has 4 nitrogen and oxygen atoms in total. The molecule has 0 aliphatic heterocycles. The summed E-state index contributed by atoms with van der Waals surface area (Å²) >= 11 is 1.54. The summed E-state index contributed by atoms with van der Waals surface area (Å²) in [7, 11) is 0. The van der Waals surface area contributed by atoms with E-state index < -0.39 is 0 Å². The second kappa shape index (κ2) is 7.49. The number of aryl methyl sites for hydroxylation is 2. The minimum atomic E-state index is -0.346. The maximum absolute atomic E-state index is 13.5. The van der Waals surface area contributed by atoms with Gasteiger partial charge in [0.05, 0.1) is 6.61 Å². The zero-order valence-electron chi connectivity index (χ0n) is 13.6. The summed E-state index contributed by atoms with van der Waals surface area (Å²) in [6, 6.07) is 14.6. The molecule has 0 atom stereocenters. The van der Waals surface area contributed by atoms with Crippen LogP contribution in [0, 0.1) is 19.7 Å². The number of hydrogen-bond acceptors (Lipinski definition) is 4. The molecule has 6 heteroatoms. The Kier molecular flexibility index (Phi) is 5.15. The lowest BCUT2D eigenvalue weighted by Crippen LogP contribution is -2.04. The Labute approximate surface area is 144 Å². The highest BCUT2D eigenvalue weighted by Gasteiger charge is 2.11. The third kappa shape index (κ3) is 3.76. The zero-order chi connectivity index (χ0) is 16.9. The van der Waals surface area contributed by atoms with E-state index in [1.165, 1.54) is 23.4 Å². The number of nitrogens with zero attached hydrogens (tertiary/aromatic N) is 3. The number of thioether (sulfide) groups is 1. The second-order valence-corrected chi connectivity index (χ2v) is 6.39. The molecule has 0 saturated heterocycles. The predicted octanol–water partition coefficient (Wildman–Crippen LogP) is 4.19. The minimum Gasteiger partial charge on any atom is -0.490 e. The molecule has 0 bridgehead atoms. The smallest absolute Gasteiger partial charge is 0.195 e. The van der Waals surface area contributed by atoms with Gasteiger partial charge in [-0.3, -0.25) is 4.57 Å². The van der Waals surface area contributed by atoms with Crippen molar-refractivity contribution >= 4 is 11.8 Å².